The van der Waals surface area contributed by atoms with Gasteiger partial charge in [0.05, 0.1) is 53.6 Å². The molecule has 2 saturated heterocycles. The molecule has 1 amide bonds. The molecule has 12 nitrogen and oxygen atoms in total. The van der Waals surface area contributed by atoms with Gasteiger partial charge in [-0.05, 0) is 68.9 Å². The highest BCUT2D eigenvalue weighted by atomic mass is 32.1. The molecule has 6 heterocycles. The van der Waals surface area contributed by atoms with Gasteiger partial charge >= 0.3 is 5.97 Å². The van der Waals surface area contributed by atoms with E-state index in [1.807, 2.05) is 24.6 Å². The van der Waals surface area contributed by atoms with Crippen molar-refractivity contribution < 1.29 is 28.5 Å². The second-order valence-electron chi connectivity index (χ2n) is 14.9. The number of nitrogens with zero attached hydrogens (tertiary/aromatic N) is 4. The van der Waals surface area contributed by atoms with E-state index in [0.717, 1.165) is 75.7 Å². The van der Waals surface area contributed by atoms with Crippen LogP contribution in [0, 0.1) is 5.41 Å². The normalized spacial score (nSPS) is 22.3. The highest BCUT2D eigenvalue weighted by Gasteiger charge is 2.34. The van der Waals surface area contributed by atoms with Crippen LogP contribution in [0.3, 0.4) is 0 Å². The van der Waals surface area contributed by atoms with Crippen LogP contribution < -0.4 is 11.2 Å². The van der Waals surface area contributed by atoms with Crippen LogP contribution >= 0.6 is 11.3 Å². The molecule has 13 heteroatoms. The molecule has 0 saturated carbocycles. The Balaban J connectivity index is 1.37. The van der Waals surface area contributed by atoms with Gasteiger partial charge in [0.1, 0.15) is 6.04 Å². The van der Waals surface area contributed by atoms with Gasteiger partial charge < -0.3 is 29.2 Å². The molecule has 3 N–H and O–H groups in total. The monoisotopic (exact) mass is 730 g/mol. The second-order valence-corrected chi connectivity index (χ2v) is 15.8. The van der Waals surface area contributed by atoms with Crippen LogP contribution in [-0.2, 0) is 47.9 Å². The van der Waals surface area contributed by atoms with E-state index in [-0.39, 0.29) is 30.7 Å². The zero-order valence-corrected chi connectivity index (χ0v) is 31.4. The highest BCUT2D eigenvalue weighted by Crippen LogP contribution is 2.42. The SMILES string of the molecule is CO[C@@H](C)c1ncccc1-c1c2c3cc(ccc3n1CCOC1CCOCC1)-c1csc(n1)C[C@H](N)C(=O)N1CCC[C@H](N1)C(=O)OCC(C)(C)C2. The maximum absolute atomic E-state index is 13.5. The largest absolute Gasteiger partial charge is 0.464 e. The van der Waals surface area contributed by atoms with Gasteiger partial charge in [-0.25, -0.2) is 10.4 Å². The Morgan fingerprint density at radius 2 is 2.00 bits per heavy atom. The molecular weight excluding hydrogens is 681 g/mol. The third-order valence-corrected chi connectivity index (χ3v) is 11.3. The Labute approximate surface area is 308 Å². The first-order valence-corrected chi connectivity index (χ1v) is 19.3. The Hall–Kier alpha value is -3.72. The molecule has 1 aromatic carbocycles. The molecule has 278 valence electrons. The summed E-state index contributed by atoms with van der Waals surface area (Å²) in [5.41, 5.74) is 16.0. The van der Waals surface area contributed by atoms with E-state index in [1.54, 1.807) is 7.11 Å². The first-order chi connectivity index (χ1) is 25.1. The number of nitrogens with one attached hydrogen (secondary N) is 1. The summed E-state index contributed by atoms with van der Waals surface area (Å²) < 4.78 is 26.3. The minimum absolute atomic E-state index is 0.172. The zero-order chi connectivity index (χ0) is 36.4. The van der Waals surface area contributed by atoms with Gasteiger partial charge in [-0.3, -0.25) is 19.6 Å². The fourth-order valence-electron chi connectivity index (χ4n) is 7.53. The quantitative estimate of drug-likeness (QED) is 0.243. The van der Waals surface area contributed by atoms with E-state index in [0.29, 0.717) is 45.4 Å². The number of benzene rings is 1. The van der Waals surface area contributed by atoms with Gasteiger partial charge in [-0.15, -0.1) is 11.3 Å². The first kappa shape index (κ1) is 36.6. The maximum Gasteiger partial charge on any atom is 0.324 e. The van der Waals surface area contributed by atoms with Crippen LogP contribution in [-0.4, -0.2) is 89.7 Å². The number of carbonyl (C=O) groups excluding carboxylic acids is 2. The molecule has 4 aromatic rings. The summed E-state index contributed by atoms with van der Waals surface area (Å²) in [5, 5.41) is 5.39. The molecule has 7 rings (SSSR count). The molecule has 0 unspecified atom stereocenters. The third kappa shape index (κ3) is 7.80. The van der Waals surface area contributed by atoms with Crippen LogP contribution in [0.15, 0.2) is 41.9 Å². The van der Waals surface area contributed by atoms with E-state index in [4.69, 9.17) is 34.6 Å². The van der Waals surface area contributed by atoms with Crippen molar-refractivity contribution in [3.8, 4) is 22.5 Å². The summed E-state index contributed by atoms with van der Waals surface area (Å²) in [5.74, 6) is -0.627. The number of aromatic nitrogens is 3. The predicted molar refractivity (Wildman–Crippen MR) is 199 cm³/mol. The van der Waals surface area contributed by atoms with Crippen molar-refractivity contribution in [1.29, 1.82) is 0 Å². The second kappa shape index (κ2) is 15.7. The van der Waals surface area contributed by atoms with Crippen LogP contribution in [0.5, 0.6) is 0 Å². The summed E-state index contributed by atoms with van der Waals surface area (Å²) in [4.78, 5) is 36.6. The van der Waals surface area contributed by atoms with Crippen molar-refractivity contribution >= 4 is 34.1 Å². The lowest BCUT2D eigenvalue weighted by Crippen LogP contribution is -2.59. The Bertz CT molecular complexity index is 1900. The van der Waals surface area contributed by atoms with E-state index >= 15 is 0 Å². The number of hydrazine groups is 1. The summed E-state index contributed by atoms with van der Waals surface area (Å²) in [7, 11) is 1.70. The lowest BCUT2D eigenvalue weighted by molar-refractivity contribution is -0.154. The smallest absolute Gasteiger partial charge is 0.324 e. The third-order valence-electron chi connectivity index (χ3n) is 10.4. The van der Waals surface area contributed by atoms with Gasteiger partial charge in [-0.1, -0.05) is 19.9 Å². The Morgan fingerprint density at radius 1 is 1.17 bits per heavy atom. The molecule has 3 aliphatic heterocycles. The number of carbonyl (C=O) groups is 2. The van der Waals surface area contributed by atoms with Crippen LogP contribution in [0.1, 0.15) is 68.8 Å². The molecule has 2 fully saturated rings. The number of thiazole rings is 1. The number of methoxy groups -OCH3 is 1. The minimum Gasteiger partial charge on any atom is -0.464 e. The summed E-state index contributed by atoms with van der Waals surface area (Å²) >= 11 is 1.50. The molecule has 3 atom stereocenters. The van der Waals surface area contributed by atoms with E-state index in [1.165, 1.54) is 16.3 Å². The molecule has 6 bridgehead atoms. The number of esters is 1. The van der Waals surface area contributed by atoms with Gasteiger partial charge in [0.25, 0.3) is 5.91 Å². The minimum atomic E-state index is -0.795. The van der Waals surface area contributed by atoms with Crippen molar-refractivity contribution in [1.82, 2.24) is 25.0 Å². The van der Waals surface area contributed by atoms with Crippen LogP contribution in [0.25, 0.3) is 33.4 Å². The molecule has 0 radical (unpaired) electrons. The van der Waals surface area contributed by atoms with Gasteiger partial charge in [0.15, 0.2) is 0 Å². The zero-order valence-electron chi connectivity index (χ0n) is 30.6. The molecule has 3 aromatic heterocycles. The van der Waals surface area contributed by atoms with Crippen molar-refractivity contribution in [2.45, 2.75) is 90.1 Å². The number of ether oxygens (including phenoxy) is 4. The Morgan fingerprint density at radius 3 is 2.81 bits per heavy atom. The van der Waals surface area contributed by atoms with Gasteiger partial charge in [0, 0.05) is 78.9 Å². The molecule has 0 spiro atoms. The number of hydrogen-bond donors (Lipinski definition) is 2. The van der Waals surface area contributed by atoms with E-state index in [2.05, 4.69) is 48.1 Å². The predicted octanol–water partition coefficient (Wildman–Crippen LogP) is 5.22. The number of pyridine rings is 1. The fraction of sp³-hybridized carbons (Fsp3) is 0.538. The van der Waals surface area contributed by atoms with E-state index in [9.17, 15) is 9.59 Å². The first-order valence-electron chi connectivity index (χ1n) is 18.4. The molecule has 3 aliphatic rings. The lowest BCUT2D eigenvalue weighted by atomic mass is 9.84. The van der Waals surface area contributed by atoms with Crippen LogP contribution in [0.4, 0.5) is 0 Å². The Kier molecular flexibility index (Phi) is 11.1. The van der Waals surface area contributed by atoms with Gasteiger partial charge in [-0.2, -0.15) is 0 Å². The number of nitrogens with two attached hydrogens (primary N) is 1. The number of cyclic esters (lactones) is 1. The summed E-state index contributed by atoms with van der Waals surface area (Å²) in [6.07, 6.45) is 5.68. The average molecular weight is 731 g/mol. The number of amides is 1. The molecule has 0 aliphatic carbocycles. The van der Waals surface area contributed by atoms with Crippen molar-refractivity contribution in [2.75, 3.05) is 40.1 Å². The standard InChI is InChI=1S/C39H50N6O6S/c1-24(48-4)35-27(7-5-13-41-35)36-29-21-39(2,3)23-51-38(47)31-8-6-14-45(43-31)37(46)30(40)20-34-42-32(22-52-34)25-9-10-33(28(29)19-25)44(36)15-18-50-26-11-16-49-17-12-26/h5,7,9-10,13,19,22,24,26,30-31,43H,6,8,11-12,14-18,20-21,23,40H2,1-4H3/t24-,30-,31-/m0/s1. The van der Waals surface area contributed by atoms with Gasteiger partial charge in [0.2, 0.25) is 0 Å². The lowest BCUT2D eigenvalue weighted by Gasteiger charge is -2.34. The van der Waals surface area contributed by atoms with E-state index < -0.39 is 17.5 Å². The highest BCUT2D eigenvalue weighted by molar-refractivity contribution is 7.10. The van der Waals surface area contributed by atoms with Crippen molar-refractivity contribution in [3.05, 3.63) is 58.2 Å². The number of hydrogen-bond acceptors (Lipinski definition) is 11. The average Bonchev–Trinajstić information content (AvgIpc) is 3.75. The van der Waals surface area contributed by atoms with Crippen LogP contribution in [0.2, 0.25) is 0 Å². The molecular formula is C39H50N6O6S. The van der Waals surface area contributed by atoms with Crippen molar-refractivity contribution in [2.24, 2.45) is 11.1 Å². The van der Waals surface area contributed by atoms with Crippen molar-refractivity contribution in [3.63, 3.8) is 0 Å². The number of fused-ring (bicyclic) bond motifs is 6. The number of rotatable bonds is 7. The summed E-state index contributed by atoms with van der Waals surface area (Å²) in [6.45, 7) is 9.55. The summed E-state index contributed by atoms with van der Waals surface area (Å²) in [6, 6.07) is 9.17. The molecule has 52 heavy (non-hydrogen) atoms. The fourth-order valence-corrected chi connectivity index (χ4v) is 8.40. The topological polar surface area (TPSA) is 143 Å². The maximum atomic E-state index is 13.5.